The predicted octanol–water partition coefficient (Wildman–Crippen LogP) is 1.29. The molecule has 0 aliphatic carbocycles. The fraction of sp³-hybridized carbons (Fsp3) is 0.385. The molecule has 0 atom stereocenters. The highest BCUT2D eigenvalue weighted by atomic mass is 16.5. The van der Waals surface area contributed by atoms with Crippen molar-refractivity contribution in [2.24, 2.45) is 5.41 Å². The zero-order chi connectivity index (χ0) is 13.8. The quantitative estimate of drug-likeness (QED) is 0.785. The number of nitrogens with two attached hydrogens (primary N) is 1. The van der Waals surface area contributed by atoms with Crippen LogP contribution in [0.25, 0.3) is 0 Å². The number of carbonyl (C=O) groups is 1. The van der Waals surface area contributed by atoms with Gasteiger partial charge in [0.15, 0.2) is 0 Å². The first-order valence-corrected chi connectivity index (χ1v) is 5.56. The Morgan fingerprint density at radius 3 is 2.78 bits per heavy atom. The number of benzene rings is 1. The molecular formula is C13H17N3O2. The molecule has 5 heteroatoms. The fourth-order valence-corrected chi connectivity index (χ4v) is 1.45. The van der Waals surface area contributed by atoms with Crippen molar-refractivity contribution in [3.05, 3.63) is 23.8 Å². The number of anilines is 1. The maximum absolute atomic E-state index is 11.6. The number of nitrogens with one attached hydrogen (secondary N) is 1. The number of hydrogen-bond donors (Lipinski definition) is 2. The van der Waals surface area contributed by atoms with Crippen molar-refractivity contribution in [2.75, 3.05) is 19.4 Å². The van der Waals surface area contributed by atoms with Crippen LogP contribution in [0.2, 0.25) is 0 Å². The van der Waals surface area contributed by atoms with Crippen LogP contribution >= 0.6 is 0 Å². The summed E-state index contributed by atoms with van der Waals surface area (Å²) in [6, 6.07) is 7.00. The highest BCUT2D eigenvalue weighted by Crippen LogP contribution is 2.25. The number of carbonyl (C=O) groups excluding carboxylic acids is 1. The van der Waals surface area contributed by atoms with Gasteiger partial charge in [-0.15, -0.1) is 0 Å². The lowest BCUT2D eigenvalue weighted by Crippen LogP contribution is -2.39. The Morgan fingerprint density at radius 2 is 2.22 bits per heavy atom. The minimum atomic E-state index is -0.675. The third-order valence-corrected chi connectivity index (χ3v) is 2.60. The van der Waals surface area contributed by atoms with Crippen LogP contribution in [0.3, 0.4) is 0 Å². The molecule has 0 unspecified atom stereocenters. The highest BCUT2D eigenvalue weighted by molar-refractivity contribution is 5.81. The smallest absolute Gasteiger partial charge is 0.228 e. The minimum absolute atomic E-state index is 0.120. The largest absolute Gasteiger partial charge is 0.491 e. The first-order valence-electron chi connectivity index (χ1n) is 5.56. The topological polar surface area (TPSA) is 88.1 Å². The molecule has 0 spiro atoms. The van der Waals surface area contributed by atoms with Crippen molar-refractivity contribution in [3.63, 3.8) is 0 Å². The van der Waals surface area contributed by atoms with Crippen molar-refractivity contribution >= 4 is 11.6 Å². The van der Waals surface area contributed by atoms with Crippen molar-refractivity contribution < 1.29 is 9.53 Å². The molecule has 96 valence electrons. The van der Waals surface area contributed by atoms with Gasteiger partial charge in [-0.25, -0.2) is 0 Å². The zero-order valence-electron chi connectivity index (χ0n) is 10.8. The number of nitrogens with zero attached hydrogens (tertiary/aromatic N) is 1. The number of amides is 1. The van der Waals surface area contributed by atoms with Gasteiger partial charge in [0.1, 0.15) is 24.0 Å². The molecule has 5 nitrogen and oxygen atoms in total. The summed E-state index contributed by atoms with van der Waals surface area (Å²) in [6.45, 7) is 3.71. The van der Waals surface area contributed by atoms with Crippen molar-refractivity contribution in [1.82, 2.24) is 5.32 Å². The number of hydrogen-bond acceptors (Lipinski definition) is 4. The second-order valence-electron chi connectivity index (χ2n) is 4.58. The SMILES string of the molecule is CNC(=O)C(C)(C)COc1cccc(N)c1C#N. The van der Waals surface area contributed by atoms with Crippen molar-refractivity contribution in [1.29, 1.82) is 5.26 Å². The summed E-state index contributed by atoms with van der Waals surface area (Å²) in [5.74, 6) is 0.277. The van der Waals surface area contributed by atoms with E-state index < -0.39 is 5.41 Å². The summed E-state index contributed by atoms with van der Waals surface area (Å²) in [6.07, 6.45) is 0. The van der Waals surface area contributed by atoms with Crippen molar-refractivity contribution in [2.45, 2.75) is 13.8 Å². The molecule has 0 bridgehead atoms. The summed E-state index contributed by atoms with van der Waals surface area (Å²) in [5, 5.41) is 11.6. The van der Waals surface area contributed by atoms with Gasteiger partial charge < -0.3 is 15.8 Å². The monoisotopic (exact) mass is 247 g/mol. The summed E-state index contributed by atoms with van der Waals surface area (Å²) in [7, 11) is 1.57. The summed E-state index contributed by atoms with van der Waals surface area (Å²) < 4.78 is 5.53. The molecular weight excluding hydrogens is 230 g/mol. The minimum Gasteiger partial charge on any atom is -0.491 e. The maximum atomic E-state index is 11.6. The van der Waals surface area contributed by atoms with E-state index in [1.54, 1.807) is 39.1 Å². The second kappa shape index (κ2) is 5.41. The normalized spacial score (nSPS) is 10.6. The van der Waals surface area contributed by atoms with E-state index in [2.05, 4.69) is 5.32 Å². The van der Waals surface area contributed by atoms with Gasteiger partial charge in [-0.2, -0.15) is 5.26 Å². The molecule has 18 heavy (non-hydrogen) atoms. The molecule has 0 saturated heterocycles. The fourth-order valence-electron chi connectivity index (χ4n) is 1.45. The molecule has 0 aliphatic heterocycles. The molecule has 1 rings (SSSR count). The molecule has 0 saturated carbocycles. The van der Waals surface area contributed by atoms with Gasteiger partial charge in [0, 0.05) is 7.05 Å². The van der Waals surface area contributed by atoms with Gasteiger partial charge in [0.25, 0.3) is 0 Å². The van der Waals surface area contributed by atoms with Crippen LogP contribution in [0.5, 0.6) is 5.75 Å². The van der Waals surface area contributed by atoms with Gasteiger partial charge >= 0.3 is 0 Å². The van der Waals surface area contributed by atoms with Crippen LogP contribution in [0, 0.1) is 16.7 Å². The van der Waals surface area contributed by atoms with Crippen molar-refractivity contribution in [3.8, 4) is 11.8 Å². The first-order chi connectivity index (χ1) is 8.42. The molecule has 0 heterocycles. The van der Waals surface area contributed by atoms with Crippen LogP contribution in [-0.2, 0) is 4.79 Å². The van der Waals surface area contributed by atoms with Gasteiger partial charge in [0.05, 0.1) is 11.1 Å². The van der Waals surface area contributed by atoms with Gasteiger partial charge in [0.2, 0.25) is 5.91 Å². The Kier molecular flexibility index (Phi) is 4.16. The summed E-state index contributed by atoms with van der Waals surface area (Å²) in [4.78, 5) is 11.6. The Morgan fingerprint density at radius 1 is 1.56 bits per heavy atom. The Balaban J connectivity index is 2.85. The molecule has 0 radical (unpaired) electrons. The van der Waals surface area contributed by atoms with E-state index in [-0.39, 0.29) is 12.5 Å². The standard InChI is InChI=1S/C13H17N3O2/c1-13(2,12(17)16-3)8-18-11-6-4-5-10(15)9(11)7-14/h4-6H,8,15H2,1-3H3,(H,16,17). The van der Waals surface area contributed by atoms with Crippen LogP contribution < -0.4 is 15.8 Å². The summed E-state index contributed by atoms with van der Waals surface area (Å²) >= 11 is 0. The third kappa shape index (κ3) is 2.92. The predicted molar refractivity (Wildman–Crippen MR) is 68.9 cm³/mol. The van der Waals surface area contributed by atoms with Crippen LogP contribution in [-0.4, -0.2) is 19.6 Å². The van der Waals surface area contributed by atoms with E-state index in [9.17, 15) is 4.79 Å². The lowest BCUT2D eigenvalue weighted by Gasteiger charge is -2.23. The lowest BCUT2D eigenvalue weighted by atomic mass is 9.94. The maximum Gasteiger partial charge on any atom is 0.228 e. The number of nitriles is 1. The summed E-state index contributed by atoms with van der Waals surface area (Å²) in [5.41, 5.74) is 5.67. The molecule has 3 N–H and O–H groups in total. The van der Waals surface area contributed by atoms with Gasteiger partial charge in [-0.1, -0.05) is 6.07 Å². The number of rotatable bonds is 4. The highest BCUT2D eigenvalue weighted by Gasteiger charge is 2.28. The van der Waals surface area contributed by atoms with Crippen LogP contribution in [0.4, 0.5) is 5.69 Å². The average Bonchev–Trinajstić information content (AvgIpc) is 2.35. The third-order valence-electron chi connectivity index (χ3n) is 2.60. The Hall–Kier alpha value is -2.22. The average molecular weight is 247 g/mol. The molecule has 0 aliphatic rings. The van der Waals surface area contributed by atoms with E-state index >= 15 is 0 Å². The van der Waals surface area contributed by atoms with Crippen LogP contribution in [0.15, 0.2) is 18.2 Å². The second-order valence-corrected chi connectivity index (χ2v) is 4.58. The zero-order valence-corrected chi connectivity index (χ0v) is 10.8. The van der Waals surface area contributed by atoms with E-state index in [0.29, 0.717) is 17.0 Å². The number of nitrogen functional groups attached to an aromatic ring is 1. The van der Waals surface area contributed by atoms with Crippen LogP contribution in [0.1, 0.15) is 19.4 Å². The Bertz CT molecular complexity index is 489. The lowest BCUT2D eigenvalue weighted by molar-refractivity contribution is -0.130. The van der Waals surface area contributed by atoms with E-state index in [4.69, 9.17) is 15.7 Å². The molecule has 0 fully saturated rings. The van der Waals surface area contributed by atoms with Gasteiger partial charge in [-0.3, -0.25) is 4.79 Å². The number of ether oxygens (including phenoxy) is 1. The Labute approximate surface area is 107 Å². The molecule has 1 aromatic carbocycles. The van der Waals surface area contributed by atoms with E-state index in [1.807, 2.05) is 6.07 Å². The molecule has 1 amide bonds. The molecule has 0 aromatic heterocycles. The first kappa shape index (κ1) is 13.8. The van der Waals surface area contributed by atoms with E-state index in [1.165, 1.54) is 0 Å². The van der Waals surface area contributed by atoms with E-state index in [0.717, 1.165) is 0 Å². The molecule has 1 aromatic rings. The van der Waals surface area contributed by atoms with Gasteiger partial charge in [-0.05, 0) is 26.0 Å².